The van der Waals surface area contributed by atoms with Crippen molar-refractivity contribution in [1.82, 2.24) is 0 Å². The average Bonchev–Trinajstić information content (AvgIpc) is 2.77. The third-order valence-electron chi connectivity index (χ3n) is 4.84. The second-order valence-electron chi connectivity index (χ2n) is 7.49. The molecule has 2 aromatic rings. The molecule has 0 aromatic heterocycles. The zero-order valence-corrected chi connectivity index (χ0v) is 19.1. The maximum atomic E-state index is 12.5. The number of carbonyl (C=O) groups is 1. The van der Waals surface area contributed by atoms with Crippen LogP contribution in [0.3, 0.4) is 0 Å². The summed E-state index contributed by atoms with van der Waals surface area (Å²) >= 11 is 0. The van der Waals surface area contributed by atoms with Gasteiger partial charge in [0.2, 0.25) is 0 Å². The largest absolute Gasteiger partial charge is 0.463 e. The summed E-state index contributed by atoms with van der Waals surface area (Å²) in [5.74, 6) is -0.310. The van der Waals surface area contributed by atoms with Crippen LogP contribution in [0, 0.1) is 0 Å². The highest BCUT2D eigenvalue weighted by molar-refractivity contribution is 7.91. The van der Waals surface area contributed by atoms with Gasteiger partial charge in [-0.1, -0.05) is 55.8 Å². The van der Waals surface area contributed by atoms with Gasteiger partial charge in [0.15, 0.2) is 9.84 Å². The van der Waals surface area contributed by atoms with Crippen LogP contribution in [0.4, 0.5) is 5.69 Å². The number of anilines is 1. The van der Waals surface area contributed by atoms with Gasteiger partial charge in [0.25, 0.3) is 0 Å². The standard InChI is InChI=1S/C25H31NO4S/c1-4-25(27)30-19-7-5-6-8-20-31(28,29)24-17-13-22(14-18-24)10-9-21-11-15-23(16-12-21)26(2)3/h4,9-18H,1,5-8,19-20H2,2-3H3/b10-9+. The minimum absolute atomic E-state index is 0.118. The molecule has 2 rings (SSSR count). The van der Waals surface area contributed by atoms with Crippen molar-refractivity contribution in [3.63, 3.8) is 0 Å². The summed E-state index contributed by atoms with van der Waals surface area (Å²) in [6.07, 6.45) is 8.02. The minimum Gasteiger partial charge on any atom is -0.463 e. The number of sulfone groups is 1. The van der Waals surface area contributed by atoms with Crippen molar-refractivity contribution < 1.29 is 17.9 Å². The molecule has 0 amide bonds. The molecule has 0 aliphatic carbocycles. The zero-order valence-electron chi connectivity index (χ0n) is 18.3. The van der Waals surface area contributed by atoms with Crippen molar-refractivity contribution in [2.75, 3.05) is 31.4 Å². The van der Waals surface area contributed by atoms with Crippen molar-refractivity contribution >= 4 is 33.6 Å². The quantitative estimate of drug-likeness (QED) is 0.201. The smallest absolute Gasteiger partial charge is 0.330 e. The molecule has 0 spiro atoms. The molecule has 0 aliphatic heterocycles. The number of nitrogens with zero attached hydrogens (tertiary/aromatic N) is 1. The Morgan fingerprint density at radius 2 is 1.45 bits per heavy atom. The Balaban J connectivity index is 1.81. The Morgan fingerprint density at radius 3 is 2.00 bits per heavy atom. The lowest BCUT2D eigenvalue weighted by atomic mass is 10.1. The first-order valence-corrected chi connectivity index (χ1v) is 12.0. The van der Waals surface area contributed by atoms with Crippen molar-refractivity contribution in [3.8, 4) is 0 Å². The number of esters is 1. The lowest BCUT2D eigenvalue weighted by Gasteiger charge is -2.11. The van der Waals surface area contributed by atoms with E-state index in [-0.39, 0.29) is 5.75 Å². The number of hydrogen-bond acceptors (Lipinski definition) is 5. The molecule has 0 saturated heterocycles. The Bertz CT molecular complexity index is 975. The SMILES string of the molecule is C=CC(=O)OCCCCCCS(=O)(=O)c1ccc(/C=C/c2ccc(N(C)C)cc2)cc1. The Hall–Kier alpha value is -2.86. The molecule has 0 aliphatic rings. The predicted octanol–water partition coefficient (Wildman–Crippen LogP) is 4.99. The van der Waals surface area contributed by atoms with Crippen LogP contribution in [0.15, 0.2) is 66.1 Å². The summed E-state index contributed by atoms with van der Waals surface area (Å²) in [5.41, 5.74) is 3.18. The zero-order chi connectivity index (χ0) is 22.7. The van der Waals surface area contributed by atoms with Crippen molar-refractivity contribution in [3.05, 3.63) is 72.3 Å². The van der Waals surface area contributed by atoms with Gasteiger partial charge in [0, 0.05) is 25.9 Å². The normalized spacial score (nSPS) is 11.4. The minimum atomic E-state index is -3.29. The Labute approximate surface area is 186 Å². The van der Waals surface area contributed by atoms with Gasteiger partial charge < -0.3 is 9.64 Å². The summed E-state index contributed by atoms with van der Waals surface area (Å²) in [6.45, 7) is 3.68. The van der Waals surface area contributed by atoms with E-state index < -0.39 is 15.8 Å². The van der Waals surface area contributed by atoms with Gasteiger partial charge in [-0.2, -0.15) is 0 Å². The van der Waals surface area contributed by atoms with E-state index >= 15 is 0 Å². The highest BCUT2D eigenvalue weighted by Gasteiger charge is 2.13. The highest BCUT2D eigenvalue weighted by atomic mass is 32.2. The molecule has 0 bridgehead atoms. The molecule has 0 fully saturated rings. The van der Waals surface area contributed by atoms with Crippen molar-refractivity contribution in [1.29, 1.82) is 0 Å². The van der Waals surface area contributed by atoms with Gasteiger partial charge in [-0.05, 0) is 48.2 Å². The predicted molar refractivity (Wildman–Crippen MR) is 128 cm³/mol. The van der Waals surface area contributed by atoms with E-state index in [9.17, 15) is 13.2 Å². The van der Waals surface area contributed by atoms with Crippen LogP contribution in [0.1, 0.15) is 36.8 Å². The first-order valence-electron chi connectivity index (χ1n) is 10.4. The van der Waals surface area contributed by atoms with Crippen molar-refractivity contribution in [2.24, 2.45) is 0 Å². The third-order valence-corrected chi connectivity index (χ3v) is 6.65. The fourth-order valence-electron chi connectivity index (χ4n) is 2.96. The fraction of sp³-hybridized carbons (Fsp3) is 0.320. The lowest BCUT2D eigenvalue weighted by molar-refractivity contribution is -0.137. The summed E-state index contributed by atoms with van der Waals surface area (Å²) < 4.78 is 29.9. The summed E-state index contributed by atoms with van der Waals surface area (Å²) in [7, 11) is 0.714. The third kappa shape index (κ3) is 8.42. The van der Waals surface area contributed by atoms with Crippen LogP contribution in [0.5, 0.6) is 0 Å². The maximum absolute atomic E-state index is 12.5. The first kappa shape index (κ1) is 24.4. The summed E-state index contributed by atoms with van der Waals surface area (Å²) in [5, 5.41) is 0. The van der Waals surface area contributed by atoms with E-state index in [1.54, 1.807) is 12.1 Å². The number of unbranched alkanes of at least 4 members (excludes halogenated alkanes) is 3. The van der Waals surface area contributed by atoms with Crippen LogP contribution in [0.25, 0.3) is 12.2 Å². The molecule has 0 heterocycles. The van der Waals surface area contributed by atoms with Crippen LogP contribution in [-0.4, -0.2) is 40.8 Å². The van der Waals surface area contributed by atoms with Gasteiger partial charge in [0.05, 0.1) is 17.3 Å². The molecule has 0 N–H and O–H groups in total. The monoisotopic (exact) mass is 441 g/mol. The molecule has 5 nitrogen and oxygen atoms in total. The number of ether oxygens (including phenoxy) is 1. The Morgan fingerprint density at radius 1 is 0.903 bits per heavy atom. The molecular formula is C25H31NO4S. The molecule has 6 heteroatoms. The van der Waals surface area contributed by atoms with Crippen LogP contribution < -0.4 is 4.90 Å². The molecule has 166 valence electrons. The molecular weight excluding hydrogens is 410 g/mol. The fourth-order valence-corrected chi connectivity index (χ4v) is 4.33. The van der Waals surface area contributed by atoms with Gasteiger partial charge in [-0.3, -0.25) is 0 Å². The molecule has 0 saturated carbocycles. The second kappa shape index (κ2) is 12.1. The highest BCUT2D eigenvalue weighted by Crippen LogP contribution is 2.18. The summed E-state index contributed by atoms with van der Waals surface area (Å²) in [4.78, 5) is 13.3. The molecule has 0 radical (unpaired) electrons. The number of rotatable bonds is 12. The van der Waals surface area contributed by atoms with Gasteiger partial charge in [-0.15, -0.1) is 0 Å². The summed E-state index contributed by atoms with van der Waals surface area (Å²) in [6, 6.07) is 15.2. The maximum Gasteiger partial charge on any atom is 0.330 e. The van der Waals surface area contributed by atoms with Gasteiger partial charge in [-0.25, -0.2) is 13.2 Å². The number of hydrogen-bond donors (Lipinski definition) is 0. The van der Waals surface area contributed by atoms with Gasteiger partial charge >= 0.3 is 5.97 Å². The van der Waals surface area contributed by atoms with E-state index in [1.807, 2.05) is 55.4 Å². The molecule has 31 heavy (non-hydrogen) atoms. The van der Waals surface area contributed by atoms with Crippen molar-refractivity contribution in [2.45, 2.75) is 30.6 Å². The van der Waals surface area contributed by atoms with Crippen LogP contribution in [-0.2, 0) is 19.4 Å². The number of carbonyl (C=O) groups excluding carboxylic acids is 1. The van der Waals surface area contributed by atoms with E-state index in [0.717, 1.165) is 42.2 Å². The Kier molecular flexibility index (Phi) is 9.53. The van der Waals surface area contributed by atoms with Crippen LogP contribution in [0.2, 0.25) is 0 Å². The van der Waals surface area contributed by atoms with E-state index in [2.05, 4.69) is 18.7 Å². The van der Waals surface area contributed by atoms with Gasteiger partial charge in [0.1, 0.15) is 0 Å². The number of benzene rings is 2. The molecule has 0 atom stereocenters. The first-order chi connectivity index (χ1) is 14.8. The van der Waals surface area contributed by atoms with E-state index in [4.69, 9.17) is 4.74 Å². The van der Waals surface area contributed by atoms with E-state index in [0.29, 0.717) is 17.9 Å². The van der Waals surface area contributed by atoms with Crippen LogP contribution >= 0.6 is 0 Å². The second-order valence-corrected chi connectivity index (χ2v) is 9.60. The lowest BCUT2D eigenvalue weighted by Crippen LogP contribution is -2.07. The molecule has 2 aromatic carbocycles. The topological polar surface area (TPSA) is 63.7 Å². The average molecular weight is 442 g/mol. The molecule has 0 unspecified atom stereocenters. The van der Waals surface area contributed by atoms with E-state index in [1.165, 1.54) is 0 Å².